The largest absolute Gasteiger partial charge is 0.458 e. The Morgan fingerprint density at radius 2 is 1.54 bits per heavy atom. The van der Waals surface area contributed by atoms with Crippen LogP contribution in [0.5, 0.6) is 23.0 Å². The van der Waals surface area contributed by atoms with Crippen LogP contribution < -0.4 is 25.9 Å². The van der Waals surface area contributed by atoms with Crippen LogP contribution in [0.3, 0.4) is 0 Å². The summed E-state index contributed by atoms with van der Waals surface area (Å²) in [6.07, 6.45) is 0. The van der Waals surface area contributed by atoms with E-state index in [2.05, 4.69) is 26.8 Å². The third kappa shape index (κ3) is 2.20. The number of aryl methyl sites for hydroxylation is 1. The van der Waals surface area contributed by atoms with Gasteiger partial charge < -0.3 is 9.47 Å². The molecule has 3 heteroatoms. The van der Waals surface area contributed by atoms with Gasteiger partial charge >= 0.3 is 0 Å². The molecule has 0 aliphatic carbocycles. The van der Waals surface area contributed by atoms with E-state index in [9.17, 15) is 0 Å². The summed E-state index contributed by atoms with van der Waals surface area (Å²) in [6.45, 7) is 8.02. The maximum atomic E-state index is 8.59. The number of hydrogen-bond donors (Lipinski definition) is 0. The van der Waals surface area contributed by atoms with Crippen LogP contribution in [0.1, 0.15) is 37.4 Å². The minimum absolute atomic E-state index is 0.0482. The molecule has 0 bridgehead atoms. The highest BCUT2D eigenvalue weighted by atomic mass is 16.5. The third-order valence-corrected chi connectivity index (χ3v) is 5.13. The molecule has 26 heavy (non-hydrogen) atoms. The van der Waals surface area contributed by atoms with Gasteiger partial charge in [-0.15, -0.1) is 0 Å². The summed E-state index contributed by atoms with van der Waals surface area (Å²) in [6, 6.07) is 9.23. The summed E-state index contributed by atoms with van der Waals surface area (Å²) in [7, 11) is 0. The maximum absolute atomic E-state index is 8.59. The molecule has 128 valence electrons. The van der Waals surface area contributed by atoms with Crippen molar-refractivity contribution in [2.75, 3.05) is 0 Å². The van der Waals surface area contributed by atoms with Gasteiger partial charge in [0.25, 0.3) is 6.71 Å². The lowest BCUT2D eigenvalue weighted by atomic mass is 9.35. The predicted octanol–water partition coefficient (Wildman–Crippen LogP) is 4.02. The van der Waals surface area contributed by atoms with E-state index in [1.807, 2.05) is 31.2 Å². The summed E-state index contributed by atoms with van der Waals surface area (Å²) in [5.74, 6) is 2.17. The van der Waals surface area contributed by atoms with Crippen molar-refractivity contribution < 1.29 is 15.0 Å². The van der Waals surface area contributed by atoms with Crippen molar-refractivity contribution in [3.63, 3.8) is 0 Å². The number of para-hydroxylation sites is 1. The number of fused-ring (bicyclic) bond motifs is 4. The monoisotopic (exact) mass is 344 g/mol. The molecule has 5 rings (SSSR count). The molecule has 3 aromatic rings. The Bertz CT molecular complexity index is 1250. The van der Waals surface area contributed by atoms with Crippen LogP contribution in [-0.4, -0.2) is 6.71 Å². The Kier molecular flexibility index (Phi) is 2.35. The van der Waals surface area contributed by atoms with Gasteiger partial charge in [0.1, 0.15) is 23.0 Å². The standard InChI is InChI=1S/C23H21BO2/c1-14-11-20-22-21(12-14)26-19-13-15(23(2,3)4)9-10-17(19)24(22)16-7-5-6-8-18(16)25-20/h5-13H,1-4H3/i5D,6D,7D,8D. The van der Waals surface area contributed by atoms with E-state index in [1.54, 1.807) is 0 Å². The van der Waals surface area contributed by atoms with Crippen molar-refractivity contribution in [1.29, 1.82) is 0 Å². The zero-order chi connectivity index (χ0) is 21.5. The zero-order valence-electron chi connectivity index (χ0n) is 19.3. The normalized spacial score (nSPS) is 16.1. The SMILES string of the molecule is [2H]c1c([2H])c([2H])c2c(c1[2H])Oc1cc(C)cc3c1B2c1ccc(C(C)(C)C)cc1O3. The summed E-state index contributed by atoms with van der Waals surface area (Å²) >= 11 is 0. The van der Waals surface area contributed by atoms with Crippen LogP contribution in [0, 0.1) is 6.92 Å². The number of rotatable bonds is 0. The molecule has 2 nitrogen and oxygen atoms in total. The van der Waals surface area contributed by atoms with Gasteiger partial charge in [-0.05, 0) is 58.6 Å². The van der Waals surface area contributed by atoms with Gasteiger partial charge in [-0.1, -0.05) is 51.0 Å². The molecule has 0 unspecified atom stereocenters. The fourth-order valence-electron chi connectivity index (χ4n) is 3.79. The first-order valence-corrected chi connectivity index (χ1v) is 8.83. The van der Waals surface area contributed by atoms with E-state index >= 15 is 0 Å². The van der Waals surface area contributed by atoms with E-state index < -0.39 is 0 Å². The van der Waals surface area contributed by atoms with Crippen LogP contribution in [-0.2, 0) is 5.41 Å². The maximum Gasteiger partial charge on any atom is 0.260 e. The Labute approximate surface area is 160 Å². The van der Waals surface area contributed by atoms with Gasteiger partial charge in [0.2, 0.25) is 0 Å². The Morgan fingerprint density at radius 1 is 0.846 bits per heavy atom. The average Bonchev–Trinajstić information content (AvgIpc) is 2.68. The van der Waals surface area contributed by atoms with Gasteiger partial charge in [0.15, 0.2) is 0 Å². The molecule has 0 N–H and O–H groups in total. The quantitative estimate of drug-likeness (QED) is 0.395. The van der Waals surface area contributed by atoms with E-state index in [0.717, 1.165) is 27.8 Å². The fraction of sp³-hybridized carbons (Fsp3) is 0.217. The average molecular weight is 344 g/mol. The molecule has 0 radical (unpaired) electrons. The predicted molar refractivity (Wildman–Crippen MR) is 108 cm³/mol. The number of ether oxygens (including phenoxy) is 2. The first kappa shape index (κ1) is 11.8. The summed E-state index contributed by atoms with van der Waals surface area (Å²) in [4.78, 5) is 0. The molecular weight excluding hydrogens is 319 g/mol. The smallest absolute Gasteiger partial charge is 0.260 e. The minimum Gasteiger partial charge on any atom is -0.458 e. The number of benzene rings is 3. The van der Waals surface area contributed by atoms with Crippen molar-refractivity contribution in [3.05, 3.63) is 65.6 Å². The molecule has 0 saturated carbocycles. The van der Waals surface area contributed by atoms with E-state index in [1.165, 1.54) is 0 Å². The van der Waals surface area contributed by atoms with Crippen molar-refractivity contribution >= 4 is 23.1 Å². The van der Waals surface area contributed by atoms with Crippen LogP contribution in [0.15, 0.2) is 54.5 Å². The van der Waals surface area contributed by atoms with Crippen LogP contribution in [0.25, 0.3) is 0 Å². The van der Waals surface area contributed by atoms with Gasteiger partial charge in [-0.25, -0.2) is 0 Å². The van der Waals surface area contributed by atoms with E-state index in [-0.39, 0.29) is 42.0 Å². The zero-order valence-corrected chi connectivity index (χ0v) is 15.3. The molecule has 0 saturated heterocycles. The molecule has 0 atom stereocenters. The second-order valence-corrected chi connectivity index (χ2v) is 8.06. The first-order valence-electron chi connectivity index (χ1n) is 10.8. The van der Waals surface area contributed by atoms with Crippen LogP contribution in [0.2, 0.25) is 0 Å². The van der Waals surface area contributed by atoms with Gasteiger partial charge in [0.05, 0.1) is 5.48 Å². The van der Waals surface area contributed by atoms with Gasteiger partial charge in [-0.2, -0.15) is 0 Å². The molecule has 3 aromatic carbocycles. The van der Waals surface area contributed by atoms with Crippen molar-refractivity contribution in [2.45, 2.75) is 33.1 Å². The lowest BCUT2D eigenvalue weighted by Gasteiger charge is -2.34. The van der Waals surface area contributed by atoms with Crippen molar-refractivity contribution in [2.24, 2.45) is 0 Å². The highest BCUT2D eigenvalue weighted by Crippen LogP contribution is 2.36. The topological polar surface area (TPSA) is 18.5 Å². The molecule has 2 heterocycles. The molecular formula is C23H21BO2. The van der Waals surface area contributed by atoms with Crippen LogP contribution >= 0.6 is 0 Å². The Morgan fingerprint density at radius 3 is 2.27 bits per heavy atom. The highest BCUT2D eigenvalue weighted by molar-refractivity contribution is 6.98. The molecule has 0 aromatic heterocycles. The van der Waals surface area contributed by atoms with E-state index in [0.29, 0.717) is 17.0 Å². The lowest BCUT2D eigenvalue weighted by molar-refractivity contribution is 0.462. The highest BCUT2D eigenvalue weighted by Gasteiger charge is 2.40. The first-order chi connectivity index (χ1) is 14.1. The molecule has 0 fully saturated rings. The van der Waals surface area contributed by atoms with Crippen LogP contribution in [0.4, 0.5) is 0 Å². The third-order valence-electron chi connectivity index (χ3n) is 5.13. The van der Waals surface area contributed by atoms with Crippen molar-refractivity contribution in [1.82, 2.24) is 0 Å². The molecule has 0 spiro atoms. The molecule has 2 aliphatic rings. The Hall–Kier alpha value is -2.68. The summed E-state index contributed by atoms with van der Waals surface area (Å²) in [5.41, 5.74) is 4.21. The summed E-state index contributed by atoms with van der Waals surface area (Å²) < 4.78 is 45.6. The second-order valence-electron chi connectivity index (χ2n) is 8.06. The molecule has 2 aliphatic heterocycles. The second kappa shape index (κ2) is 5.17. The number of hydrogen-bond acceptors (Lipinski definition) is 2. The van der Waals surface area contributed by atoms with Crippen molar-refractivity contribution in [3.8, 4) is 23.0 Å². The lowest BCUT2D eigenvalue weighted by Crippen LogP contribution is -2.57. The van der Waals surface area contributed by atoms with Gasteiger partial charge in [-0.3, -0.25) is 0 Å². The minimum atomic E-state index is -0.376. The Balaban J connectivity index is 1.86. The molecule has 0 amide bonds. The van der Waals surface area contributed by atoms with Gasteiger partial charge in [0, 0.05) is 5.46 Å². The summed E-state index contributed by atoms with van der Waals surface area (Å²) in [5, 5.41) is 0. The fourth-order valence-corrected chi connectivity index (χ4v) is 3.79. The van der Waals surface area contributed by atoms with E-state index in [4.69, 9.17) is 15.0 Å².